The molecule has 1 aliphatic carbocycles. The van der Waals surface area contributed by atoms with Crippen molar-refractivity contribution in [2.24, 2.45) is 5.41 Å². The fourth-order valence-corrected chi connectivity index (χ4v) is 1.80. The number of hydrogen-bond acceptors (Lipinski definition) is 2. The van der Waals surface area contributed by atoms with E-state index < -0.39 is 0 Å². The van der Waals surface area contributed by atoms with Gasteiger partial charge in [-0.25, -0.2) is 0 Å². The van der Waals surface area contributed by atoms with E-state index in [9.17, 15) is 0 Å². The summed E-state index contributed by atoms with van der Waals surface area (Å²) < 4.78 is 0. The average Bonchev–Trinajstić information content (AvgIpc) is 2.69. The minimum absolute atomic E-state index is 0.595. The van der Waals surface area contributed by atoms with Crippen LogP contribution in [-0.2, 0) is 0 Å². The molecule has 1 N–H and O–H groups in total. The van der Waals surface area contributed by atoms with Crippen molar-refractivity contribution in [1.29, 1.82) is 0 Å². The second kappa shape index (κ2) is 3.11. The summed E-state index contributed by atoms with van der Waals surface area (Å²) in [5.74, 6) is 0. The van der Waals surface area contributed by atoms with E-state index in [-0.39, 0.29) is 0 Å². The number of rotatable bonds is 4. The Morgan fingerprint density at radius 3 is 2.27 bits per heavy atom. The molecule has 0 saturated heterocycles. The molecule has 0 amide bonds. The first-order valence-corrected chi connectivity index (χ1v) is 4.43. The molecule has 1 saturated carbocycles. The van der Waals surface area contributed by atoms with Gasteiger partial charge in [0, 0.05) is 12.6 Å². The SMILES string of the molecule is CNCC1(C(C)N(C)C)CC1. The molecule has 66 valence electrons. The zero-order chi connectivity index (χ0) is 8.48. The molecular formula is C9H20N2. The van der Waals surface area contributed by atoms with Crippen LogP contribution >= 0.6 is 0 Å². The summed E-state index contributed by atoms with van der Waals surface area (Å²) in [5.41, 5.74) is 0.595. The van der Waals surface area contributed by atoms with Gasteiger partial charge in [0.1, 0.15) is 0 Å². The van der Waals surface area contributed by atoms with Crippen LogP contribution in [0.25, 0.3) is 0 Å². The molecule has 0 heterocycles. The summed E-state index contributed by atoms with van der Waals surface area (Å²) in [6.07, 6.45) is 2.79. The van der Waals surface area contributed by atoms with Gasteiger partial charge in [0.25, 0.3) is 0 Å². The van der Waals surface area contributed by atoms with Crippen molar-refractivity contribution in [1.82, 2.24) is 10.2 Å². The smallest absolute Gasteiger partial charge is 0.0129 e. The highest BCUT2D eigenvalue weighted by atomic mass is 15.1. The average molecular weight is 156 g/mol. The van der Waals surface area contributed by atoms with Crippen molar-refractivity contribution in [3.8, 4) is 0 Å². The van der Waals surface area contributed by atoms with E-state index in [1.807, 2.05) is 7.05 Å². The van der Waals surface area contributed by atoms with Crippen molar-refractivity contribution in [3.05, 3.63) is 0 Å². The molecule has 2 heteroatoms. The minimum atomic E-state index is 0.595. The van der Waals surface area contributed by atoms with Crippen LogP contribution in [0, 0.1) is 5.41 Å². The fraction of sp³-hybridized carbons (Fsp3) is 1.00. The lowest BCUT2D eigenvalue weighted by atomic mass is 9.97. The van der Waals surface area contributed by atoms with Crippen LogP contribution in [0.5, 0.6) is 0 Å². The molecule has 0 aromatic rings. The van der Waals surface area contributed by atoms with Gasteiger partial charge in [-0.05, 0) is 46.3 Å². The van der Waals surface area contributed by atoms with Gasteiger partial charge in [0.05, 0.1) is 0 Å². The first kappa shape index (κ1) is 9.01. The second-order valence-electron chi connectivity index (χ2n) is 4.03. The third-order valence-corrected chi connectivity index (χ3v) is 3.08. The van der Waals surface area contributed by atoms with Gasteiger partial charge in [0.2, 0.25) is 0 Å². The monoisotopic (exact) mass is 156 g/mol. The normalized spacial score (nSPS) is 23.7. The molecule has 0 spiro atoms. The Morgan fingerprint density at radius 1 is 1.45 bits per heavy atom. The van der Waals surface area contributed by atoms with E-state index in [0.29, 0.717) is 5.41 Å². The van der Waals surface area contributed by atoms with Crippen molar-refractivity contribution < 1.29 is 0 Å². The molecule has 0 aromatic carbocycles. The largest absolute Gasteiger partial charge is 0.319 e. The van der Waals surface area contributed by atoms with E-state index in [1.54, 1.807) is 0 Å². The highest BCUT2D eigenvalue weighted by Crippen LogP contribution is 2.49. The lowest BCUT2D eigenvalue weighted by Crippen LogP contribution is -2.39. The molecule has 11 heavy (non-hydrogen) atoms. The van der Waals surface area contributed by atoms with Gasteiger partial charge in [-0.3, -0.25) is 0 Å². The number of hydrogen-bond donors (Lipinski definition) is 1. The van der Waals surface area contributed by atoms with Gasteiger partial charge in [-0.1, -0.05) is 0 Å². The number of nitrogens with one attached hydrogen (secondary N) is 1. The standard InChI is InChI=1S/C9H20N2/c1-8(11(3)4)9(5-6-9)7-10-2/h8,10H,5-7H2,1-4H3. The van der Waals surface area contributed by atoms with E-state index in [2.05, 4.69) is 31.2 Å². The van der Waals surface area contributed by atoms with Crippen LogP contribution in [0.1, 0.15) is 19.8 Å². The van der Waals surface area contributed by atoms with Crippen molar-refractivity contribution >= 4 is 0 Å². The zero-order valence-electron chi connectivity index (χ0n) is 8.15. The van der Waals surface area contributed by atoms with Gasteiger partial charge in [0.15, 0.2) is 0 Å². The van der Waals surface area contributed by atoms with E-state index in [1.165, 1.54) is 19.4 Å². The van der Waals surface area contributed by atoms with Crippen LogP contribution in [0.15, 0.2) is 0 Å². The predicted octanol–water partition coefficient (Wildman–Crippen LogP) is 0.936. The molecule has 0 radical (unpaired) electrons. The van der Waals surface area contributed by atoms with Gasteiger partial charge in [-0.15, -0.1) is 0 Å². The Balaban J connectivity index is 2.44. The molecule has 1 rings (SSSR count). The summed E-state index contributed by atoms with van der Waals surface area (Å²) in [6, 6.07) is 0.718. The van der Waals surface area contributed by atoms with Crippen molar-refractivity contribution in [3.63, 3.8) is 0 Å². The van der Waals surface area contributed by atoms with E-state index in [4.69, 9.17) is 0 Å². The summed E-state index contributed by atoms with van der Waals surface area (Å²) in [7, 11) is 6.38. The first-order chi connectivity index (χ1) is 5.12. The molecule has 1 fully saturated rings. The Morgan fingerprint density at radius 2 is 2.00 bits per heavy atom. The predicted molar refractivity (Wildman–Crippen MR) is 48.7 cm³/mol. The molecule has 0 aromatic heterocycles. The molecule has 2 nitrogen and oxygen atoms in total. The van der Waals surface area contributed by atoms with E-state index in [0.717, 1.165) is 6.04 Å². The van der Waals surface area contributed by atoms with Gasteiger partial charge in [-0.2, -0.15) is 0 Å². The Hall–Kier alpha value is -0.0800. The lowest BCUT2D eigenvalue weighted by molar-refractivity contribution is 0.207. The Kier molecular flexibility index (Phi) is 2.55. The molecule has 1 atom stereocenters. The highest BCUT2D eigenvalue weighted by molar-refractivity contribution is 5.01. The van der Waals surface area contributed by atoms with Crippen molar-refractivity contribution in [2.75, 3.05) is 27.7 Å². The maximum Gasteiger partial charge on any atom is 0.0129 e. The maximum atomic E-state index is 3.28. The Bertz CT molecular complexity index is 128. The van der Waals surface area contributed by atoms with Crippen LogP contribution in [0.4, 0.5) is 0 Å². The number of nitrogens with zero attached hydrogens (tertiary/aromatic N) is 1. The third kappa shape index (κ3) is 1.74. The zero-order valence-corrected chi connectivity index (χ0v) is 8.15. The molecule has 0 bridgehead atoms. The summed E-state index contributed by atoms with van der Waals surface area (Å²) in [5, 5.41) is 3.28. The maximum absolute atomic E-state index is 3.28. The molecule has 1 unspecified atom stereocenters. The highest BCUT2D eigenvalue weighted by Gasteiger charge is 2.47. The third-order valence-electron chi connectivity index (χ3n) is 3.08. The van der Waals surface area contributed by atoms with Gasteiger partial charge >= 0.3 is 0 Å². The summed E-state index contributed by atoms with van der Waals surface area (Å²) >= 11 is 0. The summed E-state index contributed by atoms with van der Waals surface area (Å²) in [6.45, 7) is 3.50. The lowest BCUT2D eigenvalue weighted by Gasteiger charge is -2.29. The fourth-order valence-electron chi connectivity index (χ4n) is 1.80. The first-order valence-electron chi connectivity index (χ1n) is 4.43. The van der Waals surface area contributed by atoms with Crippen LogP contribution < -0.4 is 5.32 Å². The topological polar surface area (TPSA) is 15.3 Å². The quantitative estimate of drug-likeness (QED) is 0.651. The van der Waals surface area contributed by atoms with Crippen LogP contribution in [-0.4, -0.2) is 38.6 Å². The van der Waals surface area contributed by atoms with Crippen LogP contribution in [0.3, 0.4) is 0 Å². The Labute approximate surface area is 70.0 Å². The molecule has 0 aliphatic heterocycles. The molecule has 1 aliphatic rings. The van der Waals surface area contributed by atoms with Crippen LogP contribution in [0.2, 0.25) is 0 Å². The summed E-state index contributed by atoms with van der Waals surface area (Å²) in [4.78, 5) is 2.32. The second-order valence-corrected chi connectivity index (χ2v) is 4.03. The van der Waals surface area contributed by atoms with E-state index >= 15 is 0 Å². The minimum Gasteiger partial charge on any atom is -0.319 e. The van der Waals surface area contributed by atoms with Crippen molar-refractivity contribution in [2.45, 2.75) is 25.8 Å². The van der Waals surface area contributed by atoms with Gasteiger partial charge < -0.3 is 10.2 Å². The molecular weight excluding hydrogens is 136 g/mol.